The molecule has 20 heavy (non-hydrogen) atoms. The van der Waals surface area contributed by atoms with Crippen LogP contribution in [0.4, 0.5) is 0 Å². The highest BCUT2D eigenvalue weighted by Crippen LogP contribution is 2.39. The lowest BCUT2D eigenvalue weighted by molar-refractivity contribution is 0.802. The highest BCUT2D eigenvalue weighted by Gasteiger charge is 2.20. The molecule has 0 amide bonds. The molecular weight excluding hydrogens is 240 g/mol. The highest BCUT2D eigenvalue weighted by molar-refractivity contribution is 5.81. The van der Waals surface area contributed by atoms with Crippen LogP contribution < -0.4 is 0 Å². The number of hydrogen-bond acceptors (Lipinski definition) is 0. The molecule has 98 valence electrons. The van der Waals surface area contributed by atoms with Gasteiger partial charge >= 0.3 is 0 Å². The Labute approximate surface area is 120 Å². The van der Waals surface area contributed by atoms with Crippen LogP contribution in [0.3, 0.4) is 0 Å². The SMILES string of the molecule is CCC1C=CC=C1c1ccc2c(c1)Cc1ccccc1-2. The van der Waals surface area contributed by atoms with Crippen molar-refractivity contribution in [1.82, 2.24) is 0 Å². The Morgan fingerprint density at radius 3 is 2.75 bits per heavy atom. The number of hydrogen-bond donors (Lipinski definition) is 0. The third-order valence-electron chi connectivity index (χ3n) is 4.59. The average molecular weight is 258 g/mol. The minimum atomic E-state index is 0.594. The van der Waals surface area contributed by atoms with Crippen molar-refractivity contribution in [2.45, 2.75) is 19.8 Å². The molecule has 0 aromatic heterocycles. The maximum atomic E-state index is 2.40. The molecule has 0 bridgehead atoms. The van der Waals surface area contributed by atoms with Gasteiger partial charge in [-0.3, -0.25) is 0 Å². The van der Waals surface area contributed by atoms with Gasteiger partial charge in [0.05, 0.1) is 0 Å². The number of allylic oxidation sites excluding steroid dienone is 4. The van der Waals surface area contributed by atoms with Gasteiger partial charge in [-0.2, -0.15) is 0 Å². The summed E-state index contributed by atoms with van der Waals surface area (Å²) in [6.07, 6.45) is 9.05. The molecule has 4 rings (SSSR count). The molecule has 1 unspecified atom stereocenters. The van der Waals surface area contributed by atoms with Gasteiger partial charge in [-0.25, -0.2) is 0 Å². The van der Waals surface area contributed by atoms with E-state index >= 15 is 0 Å². The summed E-state index contributed by atoms with van der Waals surface area (Å²) in [5, 5.41) is 0. The van der Waals surface area contributed by atoms with Crippen molar-refractivity contribution >= 4 is 5.57 Å². The smallest absolute Gasteiger partial charge is 0.00244 e. The zero-order valence-corrected chi connectivity index (χ0v) is 11.8. The second kappa shape index (κ2) is 4.49. The van der Waals surface area contributed by atoms with Crippen LogP contribution in [0.15, 0.2) is 60.7 Å². The summed E-state index contributed by atoms with van der Waals surface area (Å²) in [7, 11) is 0. The van der Waals surface area contributed by atoms with Gasteiger partial charge in [0.25, 0.3) is 0 Å². The Hall–Kier alpha value is -2.08. The van der Waals surface area contributed by atoms with E-state index in [2.05, 4.69) is 67.6 Å². The van der Waals surface area contributed by atoms with E-state index in [1.165, 1.54) is 39.8 Å². The largest absolute Gasteiger partial charge is 0.0770 e. The Morgan fingerprint density at radius 1 is 1.00 bits per heavy atom. The fourth-order valence-corrected chi connectivity index (χ4v) is 3.51. The molecule has 2 aromatic carbocycles. The number of fused-ring (bicyclic) bond motifs is 3. The summed E-state index contributed by atoms with van der Waals surface area (Å²) in [6.45, 7) is 2.26. The van der Waals surface area contributed by atoms with Crippen LogP contribution in [-0.2, 0) is 6.42 Å². The van der Waals surface area contributed by atoms with Crippen LogP contribution in [0.25, 0.3) is 16.7 Å². The van der Waals surface area contributed by atoms with Crippen LogP contribution in [0.1, 0.15) is 30.0 Å². The molecule has 1 atom stereocenters. The first-order valence-corrected chi connectivity index (χ1v) is 7.47. The lowest BCUT2D eigenvalue weighted by Gasteiger charge is -2.13. The van der Waals surface area contributed by atoms with Crippen molar-refractivity contribution in [2.24, 2.45) is 5.92 Å². The number of rotatable bonds is 2. The van der Waals surface area contributed by atoms with Gasteiger partial charge in [0.15, 0.2) is 0 Å². The Balaban J connectivity index is 1.76. The summed E-state index contributed by atoms with van der Waals surface area (Å²) in [4.78, 5) is 0. The van der Waals surface area contributed by atoms with E-state index in [9.17, 15) is 0 Å². The quantitative estimate of drug-likeness (QED) is 0.590. The first-order chi connectivity index (χ1) is 9.86. The molecule has 0 nitrogen and oxygen atoms in total. The molecule has 2 aromatic rings. The van der Waals surface area contributed by atoms with Crippen LogP contribution in [0, 0.1) is 5.92 Å². The predicted molar refractivity (Wildman–Crippen MR) is 85.6 cm³/mol. The molecule has 2 aliphatic carbocycles. The van der Waals surface area contributed by atoms with Crippen LogP contribution in [0.2, 0.25) is 0 Å². The van der Waals surface area contributed by atoms with Crippen LogP contribution >= 0.6 is 0 Å². The maximum Gasteiger partial charge on any atom is 0.00244 e. The summed E-state index contributed by atoms with van der Waals surface area (Å²) in [6, 6.07) is 15.8. The van der Waals surface area contributed by atoms with E-state index in [0.29, 0.717) is 5.92 Å². The van der Waals surface area contributed by atoms with Crippen LogP contribution in [-0.4, -0.2) is 0 Å². The topological polar surface area (TPSA) is 0 Å². The fraction of sp³-hybridized carbons (Fsp3) is 0.200. The van der Waals surface area contributed by atoms with E-state index in [0.717, 1.165) is 6.42 Å². The van der Waals surface area contributed by atoms with Crippen molar-refractivity contribution < 1.29 is 0 Å². The van der Waals surface area contributed by atoms with Crippen molar-refractivity contribution in [3.05, 3.63) is 77.4 Å². The molecule has 0 N–H and O–H groups in total. The molecule has 0 saturated heterocycles. The minimum absolute atomic E-state index is 0.594. The lowest BCUT2D eigenvalue weighted by atomic mass is 9.91. The normalized spacial score (nSPS) is 18.9. The third kappa shape index (κ3) is 1.68. The molecule has 0 spiro atoms. The van der Waals surface area contributed by atoms with Crippen molar-refractivity contribution in [3.8, 4) is 11.1 Å². The molecule has 0 heterocycles. The summed E-state index contributed by atoms with van der Waals surface area (Å²) in [5.74, 6) is 0.594. The summed E-state index contributed by atoms with van der Waals surface area (Å²) < 4.78 is 0. The first kappa shape index (κ1) is 11.7. The van der Waals surface area contributed by atoms with E-state index in [1.54, 1.807) is 0 Å². The zero-order valence-electron chi connectivity index (χ0n) is 11.8. The summed E-state index contributed by atoms with van der Waals surface area (Å²) >= 11 is 0. The van der Waals surface area contributed by atoms with Gasteiger partial charge in [0.2, 0.25) is 0 Å². The van der Waals surface area contributed by atoms with Gasteiger partial charge in [0.1, 0.15) is 0 Å². The van der Waals surface area contributed by atoms with E-state index in [4.69, 9.17) is 0 Å². The molecule has 0 fully saturated rings. The zero-order chi connectivity index (χ0) is 13.5. The number of benzene rings is 2. The minimum Gasteiger partial charge on any atom is -0.0770 e. The standard InChI is InChI=1S/C20H18/c1-2-14-7-5-9-18(14)16-10-11-20-17(13-16)12-15-6-3-4-8-19(15)20/h3-11,13-14H,2,12H2,1H3. The van der Waals surface area contributed by atoms with E-state index in [-0.39, 0.29) is 0 Å². The van der Waals surface area contributed by atoms with Gasteiger partial charge < -0.3 is 0 Å². The molecule has 2 aliphatic rings. The maximum absolute atomic E-state index is 2.40. The van der Waals surface area contributed by atoms with Gasteiger partial charge in [0, 0.05) is 5.92 Å². The Morgan fingerprint density at radius 2 is 1.85 bits per heavy atom. The third-order valence-corrected chi connectivity index (χ3v) is 4.59. The second-order valence-corrected chi connectivity index (χ2v) is 5.73. The van der Waals surface area contributed by atoms with Crippen molar-refractivity contribution in [3.63, 3.8) is 0 Å². The molecule has 0 saturated carbocycles. The van der Waals surface area contributed by atoms with Gasteiger partial charge in [-0.15, -0.1) is 0 Å². The molecule has 0 aliphatic heterocycles. The molecule has 0 radical (unpaired) electrons. The first-order valence-electron chi connectivity index (χ1n) is 7.47. The van der Waals surface area contributed by atoms with Crippen molar-refractivity contribution in [1.29, 1.82) is 0 Å². The Bertz CT molecular complexity index is 731. The molecule has 0 heteroatoms. The monoisotopic (exact) mass is 258 g/mol. The average Bonchev–Trinajstić information content (AvgIpc) is 3.10. The van der Waals surface area contributed by atoms with Gasteiger partial charge in [-0.1, -0.05) is 67.6 Å². The predicted octanol–water partition coefficient (Wildman–Crippen LogP) is 5.24. The Kier molecular flexibility index (Phi) is 2.63. The molecular formula is C20H18. The van der Waals surface area contributed by atoms with Gasteiger partial charge in [-0.05, 0) is 46.2 Å². The fourth-order valence-electron chi connectivity index (χ4n) is 3.51. The van der Waals surface area contributed by atoms with E-state index in [1.807, 2.05) is 0 Å². The lowest BCUT2D eigenvalue weighted by Crippen LogP contribution is -1.96. The highest BCUT2D eigenvalue weighted by atomic mass is 14.2. The van der Waals surface area contributed by atoms with Crippen molar-refractivity contribution in [2.75, 3.05) is 0 Å². The second-order valence-electron chi connectivity index (χ2n) is 5.73. The summed E-state index contributed by atoms with van der Waals surface area (Å²) in [5.41, 5.74) is 8.65. The van der Waals surface area contributed by atoms with Crippen LogP contribution in [0.5, 0.6) is 0 Å². The van der Waals surface area contributed by atoms with E-state index < -0.39 is 0 Å².